The SMILES string of the molecule is COc1ccc(S(=O)(=O)Nc2cnns2)c(N)c1. The van der Waals surface area contributed by atoms with Gasteiger partial charge in [0.05, 0.1) is 19.0 Å². The molecule has 0 aliphatic rings. The van der Waals surface area contributed by atoms with E-state index in [4.69, 9.17) is 10.5 Å². The lowest BCUT2D eigenvalue weighted by atomic mass is 10.3. The van der Waals surface area contributed by atoms with Crippen molar-refractivity contribution in [1.82, 2.24) is 9.59 Å². The predicted molar refractivity (Wildman–Crippen MR) is 68.1 cm³/mol. The Morgan fingerprint density at radius 3 is 2.78 bits per heavy atom. The number of aromatic nitrogens is 2. The highest BCUT2D eigenvalue weighted by molar-refractivity contribution is 7.93. The molecule has 3 N–H and O–H groups in total. The first kappa shape index (κ1) is 12.6. The quantitative estimate of drug-likeness (QED) is 0.810. The molecule has 96 valence electrons. The van der Waals surface area contributed by atoms with Crippen LogP contribution in [-0.2, 0) is 10.0 Å². The molecule has 0 bridgehead atoms. The number of sulfonamides is 1. The van der Waals surface area contributed by atoms with Gasteiger partial charge in [-0.05, 0) is 12.1 Å². The molecule has 0 fully saturated rings. The molecule has 0 spiro atoms. The number of hydrogen-bond donors (Lipinski definition) is 2. The zero-order valence-electron chi connectivity index (χ0n) is 9.32. The van der Waals surface area contributed by atoms with Gasteiger partial charge < -0.3 is 10.5 Å². The van der Waals surface area contributed by atoms with Gasteiger partial charge in [-0.25, -0.2) is 8.42 Å². The topological polar surface area (TPSA) is 107 Å². The van der Waals surface area contributed by atoms with Gasteiger partial charge in [0.1, 0.15) is 15.6 Å². The number of nitrogens with one attached hydrogen (secondary N) is 1. The van der Waals surface area contributed by atoms with E-state index in [0.717, 1.165) is 11.5 Å². The maximum atomic E-state index is 12.0. The van der Waals surface area contributed by atoms with Gasteiger partial charge in [0.2, 0.25) is 0 Å². The van der Waals surface area contributed by atoms with E-state index < -0.39 is 10.0 Å². The van der Waals surface area contributed by atoms with Crippen molar-refractivity contribution in [2.75, 3.05) is 17.6 Å². The first-order chi connectivity index (χ1) is 8.53. The Hall–Kier alpha value is -1.87. The molecule has 18 heavy (non-hydrogen) atoms. The summed E-state index contributed by atoms with van der Waals surface area (Å²) in [7, 11) is -2.26. The first-order valence-corrected chi connectivity index (χ1v) is 7.02. The van der Waals surface area contributed by atoms with Gasteiger partial charge in [-0.2, -0.15) is 0 Å². The Balaban J connectivity index is 2.35. The minimum atomic E-state index is -3.74. The Morgan fingerprint density at radius 2 is 2.22 bits per heavy atom. The third-order valence-corrected chi connectivity index (χ3v) is 4.25. The highest BCUT2D eigenvalue weighted by atomic mass is 32.2. The molecule has 0 atom stereocenters. The molecule has 0 saturated heterocycles. The summed E-state index contributed by atoms with van der Waals surface area (Å²) in [5.41, 5.74) is 5.80. The van der Waals surface area contributed by atoms with Crippen LogP contribution in [0.15, 0.2) is 29.3 Å². The number of nitrogens with two attached hydrogens (primary N) is 1. The van der Waals surface area contributed by atoms with E-state index in [1.54, 1.807) is 0 Å². The minimum Gasteiger partial charge on any atom is -0.497 e. The van der Waals surface area contributed by atoms with E-state index in [9.17, 15) is 8.42 Å². The summed E-state index contributed by atoms with van der Waals surface area (Å²) in [6.07, 6.45) is 1.32. The van der Waals surface area contributed by atoms with Crippen molar-refractivity contribution < 1.29 is 13.2 Å². The monoisotopic (exact) mass is 286 g/mol. The lowest BCUT2D eigenvalue weighted by Crippen LogP contribution is -2.14. The maximum Gasteiger partial charge on any atom is 0.264 e. The molecular formula is C9H10N4O3S2. The molecule has 0 aliphatic heterocycles. The number of nitrogens with zero attached hydrogens (tertiary/aromatic N) is 2. The number of benzene rings is 1. The molecule has 2 aromatic rings. The second kappa shape index (κ2) is 4.78. The molecule has 0 saturated carbocycles. The van der Waals surface area contributed by atoms with Crippen LogP contribution in [0.5, 0.6) is 5.75 Å². The van der Waals surface area contributed by atoms with Crippen LogP contribution in [0.2, 0.25) is 0 Å². The van der Waals surface area contributed by atoms with Gasteiger partial charge in [0, 0.05) is 17.6 Å². The lowest BCUT2D eigenvalue weighted by molar-refractivity contribution is 0.414. The summed E-state index contributed by atoms with van der Waals surface area (Å²) in [5.74, 6) is 0.492. The number of methoxy groups -OCH3 is 1. The molecule has 1 aromatic heterocycles. The van der Waals surface area contributed by atoms with E-state index in [1.165, 1.54) is 31.5 Å². The zero-order valence-corrected chi connectivity index (χ0v) is 11.0. The van der Waals surface area contributed by atoms with Crippen LogP contribution in [-0.4, -0.2) is 25.1 Å². The maximum absolute atomic E-state index is 12.0. The Morgan fingerprint density at radius 1 is 1.44 bits per heavy atom. The molecular weight excluding hydrogens is 276 g/mol. The van der Waals surface area contributed by atoms with Crippen molar-refractivity contribution in [2.45, 2.75) is 4.90 Å². The van der Waals surface area contributed by atoms with Crippen LogP contribution in [0.25, 0.3) is 0 Å². The summed E-state index contributed by atoms with van der Waals surface area (Å²) in [4.78, 5) is -0.0169. The van der Waals surface area contributed by atoms with Crippen molar-refractivity contribution in [3.05, 3.63) is 24.4 Å². The van der Waals surface area contributed by atoms with E-state index >= 15 is 0 Å². The van der Waals surface area contributed by atoms with Crippen LogP contribution >= 0.6 is 11.5 Å². The summed E-state index contributed by atoms with van der Waals surface area (Å²) in [6, 6.07) is 4.35. The zero-order chi connectivity index (χ0) is 13.2. The predicted octanol–water partition coefficient (Wildman–Crippen LogP) is 0.930. The standard InChI is InChI=1S/C9H10N4O3S2/c1-16-6-2-3-8(7(10)4-6)18(14,15)12-9-5-11-13-17-9/h2-5,12H,10H2,1H3. The normalized spacial score (nSPS) is 11.2. The van der Waals surface area contributed by atoms with Gasteiger partial charge in [-0.1, -0.05) is 4.49 Å². The van der Waals surface area contributed by atoms with Crippen LogP contribution < -0.4 is 15.2 Å². The van der Waals surface area contributed by atoms with Gasteiger partial charge in [0.25, 0.3) is 10.0 Å². The van der Waals surface area contributed by atoms with Crippen LogP contribution in [0, 0.1) is 0 Å². The van der Waals surface area contributed by atoms with Crippen molar-refractivity contribution in [3.8, 4) is 5.75 Å². The number of anilines is 2. The van der Waals surface area contributed by atoms with Crippen molar-refractivity contribution in [1.29, 1.82) is 0 Å². The van der Waals surface area contributed by atoms with Gasteiger partial charge in [-0.3, -0.25) is 4.72 Å². The number of nitrogen functional groups attached to an aromatic ring is 1. The second-order valence-electron chi connectivity index (χ2n) is 3.29. The molecule has 7 nitrogen and oxygen atoms in total. The summed E-state index contributed by atoms with van der Waals surface area (Å²) in [5, 5.41) is 3.86. The number of ether oxygens (including phenoxy) is 1. The molecule has 0 aliphatic carbocycles. The minimum absolute atomic E-state index is 0.0169. The van der Waals surface area contributed by atoms with Gasteiger partial charge in [-0.15, -0.1) is 5.10 Å². The molecule has 1 heterocycles. The summed E-state index contributed by atoms with van der Waals surface area (Å²) in [6.45, 7) is 0. The Kier molecular flexibility index (Phi) is 3.34. The van der Waals surface area contributed by atoms with Gasteiger partial charge in [0.15, 0.2) is 0 Å². The molecule has 9 heteroatoms. The third-order valence-electron chi connectivity index (χ3n) is 2.10. The van der Waals surface area contributed by atoms with Gasteiger partial charge >= 0.3 is 0 Å². The number of hydrogen-bond acceptors (Lipinski definition) is 7. The van der Waals surface area contributed by atoms with Crippen LogP contribution in [0.4, 0.5) is 10.7 Å². The van der Waals surface area contributed by atoms with Crippen molar-refractivity contribution >= 4 is 32.2 Å². The smallest absolute Gasteiger partial charge is 0.264 e. The molecule has 0 unspecified atom stereocenters. The van der Waals surface area contributed by atoms with E-state index in [0.29, 0.717) is 10.8 Å². The average molecular weight is 286 g/mol. The first-order valence-electron chi connectivity index (χ1n) is 4.76. The molecule has 2 rings (SSSR count). The highest BCUT2D eigenvalue weighted by Crippen LogP contribution is 2.26. The summed E-state index contributed by atoms with van der Waals surface area (Å²) < 4.78 is 34.9. The molecule has 1 aromatic carbocycles. The largest absolute Gasteiger partial charge is 0.497 e. The van der Waals surface area contributed by atoms with Crippen molar-refractivity contribution in [2.24, 2.45) is 0 Å². The average Bonchev–Trinajstić information content (AvgIpc) is 2.80. The van der Waals surface area contributed by atoms with E-state index in [2.05, 4.69) is 14.3 Å². The Bertz CT molecular complexity index is 640. The Labute approximate surface area is 108 Å². The van der Waals surface area contributed by atoms with Crippen molar-refractivity contribution in [3.63, 3.8) is 0 Å². The summed E-state index contributed by atoms with van der Waals surface area (Å²) >= 11 is 0.941. The molecule has 0 amide bonds. The van der Waals surface area contributed by atoms with E-state index in [1.807, 2.05) is 0 Å². The fraction of sp³-hybridized carbons (Fsp3) is 0.111. The van der Waals surface area contributed by atoms with Crippen LogP contribution in [0.1, 0.15) is 0 Å². The lowest BCUT2D eigenvalue weighted by Gasteiger charge is -2.09. The highest BCUT2D eigenvalue weighted by Gasteiger charge is 2.18. The fourth-order valence-corrected chi connectivity index (χ4v) is 3.10. The molecule has 0 radical (unpaired) electrons. The number of rotatable bonds is 4. The fourth-order valence-electron chi connectivity index (χ4n) is 1.30. The van der Waals surface area contributed by atoms with E-state index in [-0.39, 0.29) is 10.6 Å². The second-order valence-corrected chi connectivity index (χ2v) is 5.73. The van der Waals surface area contributed by atoms with Crippen LogP contribution in [0.3, 0.4) is 0 Å². The third kappa shape index (κ3) is 2.51.